The van der Waals surface area contributed by atoms with Gasteiger partial charge >= 0.3 is 0 Å². The molecule has 2 amide bonds. The molecule has 0 unspecified atom stereocenters. The summed E-state index contributed by atoms with van der Waals surface area (Å²) in [6.07, 6.45) is 5.90. The number of nitrogens with two attached hydrogens (primary N) is 1. The number of pyridine rings is 1. The van der Waals surface area contributed by atoms with Gasteiger partial charge in [-0.05, 0) is 43.9 Å². The number of sulfonamides is 1. The molecule has 12 heteroatoms. The molecule has 0 spiro atoms. The van der Waals surface area contributed by atoms with Crippen LogP contribution in [0.1, 0.15) is 48.0 Å². The molecule has 5 rings (SSSR count). The quantitative estimate of drug-likeness (QED) is 0.571. The fraction of sp³-hybridized carbons (Fsp3) is 0.455. The molecule has 2 N–H and O–H groups in total. The normalized spacial score (nSPS) is 20.3. The number of nitrogens with zero attached hydrogens (tertiary/aromatic N) is 6. The van der Waals surface area contributed by atoms with Gasteiger partial charge in [-0.3, -0.25) is 14.0 Å². The van der Waals surface area contributed by atoms with E-state index in [0.29, 0.717) is 19.4 Å². The van der Waals surface area contributed by atoms with Crippen LogP contribution in [0, 0.1) is 5.92 Å². The number of rotatable bonds is 5. The van der Waals surface area contributed by atoms with Crippen molar-refractivity contribution in [1.82, 2.24) is 28.4 Å². The second-order valence-corrected chi connectivity index (χ2v) is 10.8. The molecule has 0 bridgehead atoms. The van der Waals surface area contributed by atoms with Crippen molar-refractivity contribution in [3.8, 4) is 0 Å². The number of primary amides is 1. The van der Waals surface area contributed by atoms with Gasteiger partial charge in [0.25, 0.3) is 5.91 Å². The molecule has 180 valence electrons. The molecule has 2 aliphatic heterocycles. The predicted octanol–water partition coefficient (Wildman–Crippen LogP) is 0.931. The summed E-state index contributed by atoms with van der Waals surface area (Å²) in [5, 5.41) is 8.58. The van der Waals surface area contributed by atoms with Crippen LogP contribution in [0.4, 0.5) is 0 Å². The standard InChI is InChI=1S/C22H27N7O4S/c1-26-14-16(13-18(26)20(23)30)34(32,33)27-11-7-15(8-12-27)22(31)28-10-4-5-17(28)21-25-24-19-6-2-3-9-29(19)21/h2-3,6,9,13-15,17H,4-5,7-8,10-12H2,1H3,(H2,23,30)/t17-/m1/s1. The molecule has 1 atom stereocenters. The highest BCUT2D eigenvalue weighted by Gasteiger charge is 2.39. The summed E-state index contributed by atoms with van der Waals surface area (Å²) in [6.45, 7) is 1.14. The van der Waals surface area contributed by atoms with Gasteiger partial charge in [-0.15, -0.1) is 10.2 Å². The van der Waals surface area contributed by atoms with E-state index < -0.39 is 15.9 Å². The highest BCUT2D eigenvalue weighted by Crippen LogP contribution is 2.34. The molecule has 11 nitrogen and oxygen atoms in total. The third-order valence-electron chi connectivity index (χ3n) is 6.85. The van der Waals surface area contributed by atoms with Crippen LogP contribution in [-0.4, -0.2) is 68.2 Å². The summed E-state index contributed by atoms with van der Waals surface area (Å²) in [5.41, 5.74) is 6.19. The maximum Gasteiger partial charge on any atom is 0.265 e. The lowest BCUT2D eigenvalue weighted by Crippen LogP contribution is -2.44. The molecular formula is C22H27N7O4S. The van der Waals surface area contributed by atoms with Crippen LogP contribution < -0.4 is 5.73 Å². The third-order valence-corrected chi connectivity index (χ3v) is 8.71. The van der Waals surface area contributed by atoms with E-state index in [4.69, 9.17) is 5.73 Å². The van der Waals surface area contributed by atoms with Crippen LogP contribution in [-0.2, 0) is 21.9 Å². The average molecular weight is 486 g/mol. The summed E-state index contributed by atoms with van der Waals surface area (Å²) < 4.78 is 30.9. The van der Waals surface area contributed by atoms with E-state index in [1.54, 1.807) is 7.05 Å². The van der Waals surface area contributed by atoms with Gasteiger partial charge in [0.1, 0.15) is 10.6 Å². The Labute approximate surface area is 197 Å². The van der Waals surface area contributed by atoms with Crippen LogP contribution in [0.3, 0.4) is 0 Å². The lowest BCUT2D eigenvalue weighted by Gasteiger charge is -2.33. The average Bonchev–Trinajstić information content (AvgIpc) is 3.56. The predicted molar refractivity (Wildman–Crippen MR) is 122 cm³/mol. The summed E-state index contributed by atoms with van der Waals surface area (Å²) in [4.78, 5) is 26.9. The number of hydrogen-bond acceptors (Lipinski definition) is 6. The fourth-order valence-electron chi connectivity index (χ4n) is 5.03. The summed E-state index contributed by atoms with van der Waals surface area (Å²) in [5.74, 6) is -0.129. The van der Waals surface area contributed by atoms with Crippen LogP contribution >= 0.6 is 0 Å². The zero-order valence-corrected chi connectivity index (χ0v) is 19.7. The summed E-state index contributed by atoms with van der Waals surface area (Å²) >= 11 is 0. The molecule has 0 saturated carbocycles. The Hall–Kier alpha value is -3.25. The molecule has 0 radical (unpaired) electrons. The van der Waals surface area contributed by atoms with E-state index in [0.717, 1.165) is 24.3 Å². The molecule has 2 aliphatic rings. The van der Waals surface area contributed by atoms with Crippen LogP contribution in [0.5, 0.6) is 0 Å². The number of amides is 2. The van der Waals surface area contributed by atoms with Gasteiger partial charge in [-0.2, -0.15) is 4.31 Å². The second-order valence-electron chi connectivity index (χ2n) is 8.89. The topological polar surface area (TPSA) is 136 Å². The van der Waals surface area contributed by atoms with Crippen molar-refractivity contribution in [3.05, 3.63) is 48.2 Å². The highest BCUT2D eigenvalue weighted by molar-refractivity contribution is 7.89. The molecule has 34 heavy (non-hydrogen) atoms. The van der Waals surface area contributed by atoms with Crippen molar-refractivity contribution < 1.29 is 18.0 Å². The Morgan fingerprint density at radius 1 is 1.09 bits per heavy atom. The Kier molecular flexibility index (Phi) is 5.64. The van der Waals surface area contributed by atoms with Gasteiger partial charge in [0.15, 0.2) is 11.5 Å². The van der Waals surface area contributed by atoms with Crippen molar-refractivity contribution in [2.45, 2.75) is 36.6 Å². The molecule has 2 saturated heterocycles. The van der Waals surface area contributed by atoms with Crippen molar-refractivity contribution in [2.75, 3.05) is 19.6 Å². The molecule has 0 aromatic carbocycles. The van der Waals surface area contributed by atoms with Gasteiger partial charge in [0.2, 0.25) is 15.9 Å². The Morgan fingerprint density at radius 3 is 2.56 bits per heavy atom. The van der Waals surface area contributed by atoms with Crippen molar-refractivity contribution in [3.63, 3.8) is 0 Å². The van der Waals surface area contributed by atoms with E-state index in [-0.39, 0.29) is 41.5 Å². The number of hydrogen-bond donors (Lipinski definition) is 1. The minimum Gasteiger partial charge on any atom is -0.364 e. The van der Waals surface area contributed by atoms with E-state index in [2.05, 4.69) is 10.2 Å². The second kappa shape index (κ2) is 8.51. The maximum atomic E-state index is 13.4. The van der Waals surface area contributed by atoms with E-state index in [1.807, 2.05) is 33.7 Å². The number of aryl methyl sites for hydroxylation is 1. The molecular weight excluding hydrogens is 458 g/mol. The zero-order chi connectivity index (χ0) is 24.0. The smallest absolute Gasteiger partial charge is 0.265 e. The Balaban J connectivity index is 1.28. The monoisotopic (exact) mass is 485 g/mol. The third kappa shape index (κ3) is 3.76. The molecule has 3 aromatic rings. The minimum atomic E-state index is -3.78. The Bertz CT molecular complexity index is 1350. The van der Waals surface area contributed by atoms with Gasteiger partial charge in [-0.25, -0.2) is 8.42 Å². The number of likely N-dealkylation sites (tertiary alicyclic amines) is 1. The largest absolute Gasteiger partial charge is 0.364 e. The van der Waals surface area contributed by atoms with Gasteiger partial charge in [0, 0.05) is 45.0 Å². The summed E-state index contributed by atoms with van der Waals surface area (Å²) in [6, 6.07) is 6.86. The maximum absolute atomic E-state index is 13.4. The van der Waals surface area contributed by atoms with Crippen molar-refractivity contribution in [2.24, 2.45) is 18.7 Å². The van der Waals surface area contributed by atoms with Gasteiger partial charge < -0.3 is 15.2 Å². The van der Waals surface area contributed by atoms with Crippen LogP contribution in [0.15, 0.2) is 41.6 Å². The molecule has 5 heterocycles. The van der Waals surface area contributed by atoms with E-state index >= 15 is 0 Å². The lowest BCUT2D eigenvalue weighted by atomic mass is 9.96. The fourth-order valence-corrected chi connectivity index (χ4v) is 6.57. The Morgan fingerprint density at radius 2 is 1.85 bits per heavy atom. The molecule has 0 aliphatic carbocycles. The van der Waals surface area contributed by atoms with E-state index in [9.17, 15) is 18.0 Å². The van der Waals surface area contributed by atoms with Crippen molar-refractivity contribution >= 4 is 27.5 Å². The summed E-state index contributed by atoms with van der Waals surface area (Å²) in [7, 11) is -2.20. The first-order valence-electron chi connectivity index (χ1n) is 11.3. The van der Waals surface area contributed by atoms with Crippen LogP contribution in [0.25, 0.3) is 5.65 Å². The molecule has 2 fully saturated rings. The minimum absolute atomic E-state index is 0.0341. The number of carbonyl (C=O) groups is 2. The number of aromatic nitrogens is 4. The van der Waals surface area contributed by atoms with Crippen molar-refractivity contribution in [1.29, 1.82) is 0 Å². The first-order chi connectivity index (χ1) is 16.3. The lowest BCUT2D eigenvalue weighted by molar-refractivity contribution is -0.137. The van der Waals surface area contributed by atoms with Crippen LogP contribution in [0.2, 0.25) is 0 Å². The molecule has 3 aromatic heterocycles. The van der Waals surface area contributed by atoms with Gasteiger partial charge in [0.05, 0.1) is 6.04 Å². The number of carbonyl (C=O) groups excluding carboxylic acids is 2. The first-order valence-corrected chi connectivity index (χ1v) is 12.8. The SMILES string of the molecule is Cn1cc(S(=O)(=O)N2CCC(C(=O)N3CCC[C@@H]3c3nnc4ccccn34)CC2)cc1C(N)=O. The number of piperidine rings is 1. The highest BCUT2D eigenvalue weighted by atomic mass is 32.2. The number of fused-ring (bicyclic) bond motifs is 1. The zero-order valence-electron chi connectivity index (χ0n) is 18.9. The van der Waals surface area contributed by atoms with Gasteiger partial charge in [-0.1, -0.05) is 6.07 Å². The van der Waals surface area contributed by atoms with E-state index in [1.165, 1.54) is 21.1 Å². The first kappa shape index (κ1) is 22.5.